The lowest BCUT2D eigenvalue weighted by atomic mass is 10.1. The molecule has 0 fully saturated rings. The van der Waals surface area contributed by atoms with Gasteiger partial charge in [0, 0.05) is 0 Å². The molecule has 0 rings (SSSR count). The first kappa shape index (κ1) is 13.9. The Hall–Kier alpha value is -1.07. The fourth-order valence-electron chi connectivity index (χ4n) is 0.627. The highest BCUT2D eigenvalue weighted by molar-refractivity contribution is 5.89. The first-order valence-electron chi connectivity index (χ1n) is 4.28. The van der Waals surface area contributed by atoms with Crippen LogP contribution >= 0.6 is 0 Å². The van der Waals surface area contributed by atoms with Gasteiger partial charge in [-0.2, -0.15) is 8.78 Å². The second kappa shape index (κ2) is 5.14. The smallest absolute Gasteiger partial charge is 0.345 e. The van der Waals surface area contributed by atoms with Crippen LogP contribution in [0, 0.1) is 0 Å². The summed E-state index contributed by atoms with van der Waals surface area (Å²) in [5.74, 6) is -1.67. The fraction of sp³-hybridized carbons (Fsp3) is 0.667. The zero-order valence-corrected chi connectivity index (χ0v) is 8.61. The second-order valence-corrected chi connectivity index (χ2v) is 3.48. The minimum atomic E-state index is -3.53. The zero-order chi connectivity index (χ0) is 12.2. The lowest BCUT2D eigenvalue weighted by Gasteiger charge is -2.23. The molecule has 0 saturated heterocycles. The van der Waals surface area contributed by atoms with Crippen molar-refractivity contribution in [1.29, 1.82) is 0 Å². The van der Waals surface area contributed by atoms with Gasteiger partial charge in [-0.1, -0.05) is 6.92 Å². The number of carbonyl (C=O) groups is 1. The van der Waals surface area contributed by atoms with E-state index in [1.54, 1.807) is 6.92 Å². The molecule has 0 aliphatic rings. The molecule has 6 heteroatoms. The average molecular weight is 228 g/mol. The molecular weight excluding hydrogens is 216 g/mol. The molecule has 0 unspecified atom stereocenters. The zero-order valence-electron chi connectivity index (χ0n) is 8.61. The highest BCUT2D eigenvalue weighted by Gasteiger charge is 2.31. The highest BCUT2D eigenvalue weighted by Crippen LogP contribution is 2.22. The average Bonchev–Trinajstić information content (AvgIpc) is 2.01. The SMILES string of the molecule is CCC(C)(C)OC(=O)C(=C(F)F)C(F)F. The fourth-order valence-corrected chi connectivity index (χ4v) is 0.627. The molecule has 0 bridgehead atoms. The van der Waals surface area contributed by atoms with Crippen LogP contribution in [0.5, 0.6) is 0 Å². The maximum absolute atomic E-state index is 12.0. The molecule has 15 heavy (non-hydrogen) atoms. The van der Waals surface area contributed by atoms with Crippen LogP contribution in [-0.4, -0.2) is 18.0 Å². The van der Waals surface area contributed by atoms with Crippen LogP contribution in [0.3, 0.4) is 0 Å². The summed E-state index contributed by atoms with van der Waals surface area (Å²) in [6.45, 7) is 4.54. The summed E-state index contributed by atoms with van der Waals surface area (Å²) in [6.07, 6.45) is -5.90. The number of carbonyl (C=O) groups excluding carboxylic acids is 1. The quantitative estimate of drug-likeness (QED) is 0.419. The monoisotopic (exact) mass is 228 g/mol. The van der Waals surface area contributed by atoms with Crippen LogP contribution in [-0.2, 0) is 9.53 Å². The third-order valence-electron chi connectivity index (χ3n) is 1.86. The largest absolute Gasteiger partial charge is 0.456 e. The second-order valence-electron chi connectivity index (χ2n) is 3.48. The lowest BCUT2D eigenvalue weighted by molar-refractivity contribution is -0.153. The van der Waals surface area contributed by atoms with Gasteiger partial charge in [0.05, 0.1) is 0 Å². The van der Waals surface area contributed by atoms with Gasteiger partial charge in [0.25, 0.3) is 12.5 Å². The van der Waals surface area contributed by atoms with Gasteiger partial charge >= 0.3 is 5.97 Å². The molecule has 0 aromatic rings. The highest BCUT2D eigenvalue weighted by atomic mass is 19.3. The lowest BCUT2D eigenvalue weighted by Crippen LogP contribution is -2.29. The molecule has 0 radical (unpaired) electrons. The molecule has 0 aromatic heterocycles. The molecule has 0 aliphatic heterocycles. The van der Waals surface area contributed by atoms with E-state index in [9.17, 15) is 22.4 Å². The van der Waals surface area contributed by atoms with Gasteiger partial charge in [-0.05, 0) is 20.3 Å². The van der Waals surface area contributed by atoms with Gasteiger partial charge in [0.15, 0.2) is 5.57 Å². The number of halogens is 4. The maximum atomic E-state index is 12.0. The Morgan fingerprint density at radius 2 is 1.80 bits per heavy atom. The predicted octanol–water partition coefficient (Wildman–Crippen LogP) is 3.13. The minimum absolute atomic E-state index is 0.336. The summed E-state index contributed by atoms with van der Waals surface area (Å²) in [5, 5.41) is 0. The van der Waals surface area contributed by atoms with E-state index in [2.05, 4.69) is 4.74 Å². The molecule has 0 N–H and O–H groups in total. The Bertz CT molecular complexity index is 267. The summed E-state index contributed by atoms with van der Waals surface area (Å²) in [6, 6.07) is 0. The minimum Gasteiger partial charge on any atom is -0.456 e. The molecule has 0 aliphatic carbocycles. The summed E-state index contributed by atoms with van der Waals surface area (Å²) in [5.41, 5.74) is -2.90. The number of hydrogen-bond acceptors (Lipinski definition) is 2. The molecule has 0 saturated carbocycles. The summed E-state index contributed by atoms with van der Waals surface area (Å²) in [7, 11) is 0. The Balaban J connectivity index is 4.79. The molecule has 0 aromatic carbocycles. The van der Waals surface area contributed by atoms with E-state index < -0.39 is 29.6 Å². The van der Waals surface area contributed by atoms with E-state index in [4.69, 9.17) is 0 Å². The van der Waals surface area contributed by atoms with Crippen LogP contribution in [0.1, 0.15) is 27.2 Å². The Morgan fingerprint density at radius 1 is 1.33 bits per heavy atom. The van der Waals surface area contributed by atoms with Crippen LogP contribution < -0.4 is 0 Å². The summed E-state index contributed by atoms with van der Waals surface area (Å²) < 4.78 is 52.6. The van der Waals surface area contributed by atoms with Crippen LogP contribution in [0.4, 0.5) is 17.6 Å². The maximum Gasteiger partial charge on any atom is 0.345 e. The standard InChI is InChI=1S/C9H12F4O2/c1-4-9(2,3)15-8(14)5(6(10)11)7(12)13/h6H,4H2,1-3H3. The number of alkyl halides is 2. The van der Waals surface area contributed by atoms with Crippen LogP contribution in [0.2, 0.25) is 0 Å². The van der Waals surface area contributed by atoms with Crippen molar-refractivity contribution >= 4 is 5.97 Å². The molecule has 0 spiro atoms. The number of hydrogen-bond donors (Lipinski definition) is 0. The number of ether oxygens (including phenoxy) is 1. The van der Waals surface area contributed by atoms with E-state index >= 15 is 0 Å². The first-order chi connectivity index (χ1) is 6.71. The van der Waals surface area contributed by atoms with Crippen molar-refractivity contribution < 1.29 is 27.1 Å². The van der Waals surface area contributed by atoms with E-state index in [0.29, 0.717) is 6.42 Å². The first-order valence-corrected chi connectivity index (χ1v) is 4.28. The van der Waals surface area contributed by atoms with Gasteiger partial charge in [0.2, 0.25) is 0 Å². The summed E-state index contributed by atoms with van der Waals surface area (Å²) >= 11 is 0. The Kier molecular flexibility index (Phi) is 4.77. The van der Waals surface area contributed by atoms with Crippen molar-refractivity contribution in [2.24, 2.45) is 0 Å². The predicted molar refractivity (Wildman–Crippen MR) is 45.7 cm³/mol. The van der Waals surface area contributed by atoms with Gasteiger partial charge in [0.1, 0.15) is 5.60 Å². The normalized spacial score (nSPS) is 11.5. The van der Waals surface area contributed by atoms with E-state index in [0.717, 1.165) is 0 Å². The van der Waals surface area contributed by atoms with Crippen molar-refractivity contribution in [2.45, 2.75) is 39.2 Å². The van der Waals surface area contributed by atoms with Gasteiger partial charge < -0.3 is 4.74 Å². The van der Waals surface area contributed by atoms with Gasteiger partial charge in [-0.3, -0.25) is 0 Å². The molecule has 0 atom stereocenters. The molecule has 0 heterocycles. The van der Waals surface area contributed by atoms with E-state index in [1.165, 1.54) is 13.8 Å². The molecular formula is C9H12F4O2. The van der Waals surface area contributed by atoms with E-state index in [1.807, 2.05) is 0 Å². The van der Waals surface area contributed by atoms with Crippen molar-refractivity contribution in [3.05, 3.63) is 11.7 Å². The Morgan fingerprint density at radius 3 is 2.07 bits per heavy atom. The van der Waals surface area contributed by atoms with Crippen LogP contribution in [0.15, 0.2) is 11.7 Å². The number of rotatable bonds is 4. The molecule has 2 nitrogen and oxygen atoms in total. The van der Waals surface area contributed by atoms with Gasteiger partial charge in [-0.25, -0.2) is 13.6 Å². The third-order valence-corrected chi connectivity index (χ3v) is 1.86. The van der Waals surface area contributed by atoms with E-state index in [-0.39, 0.29) is 0 Å². The third kappa shape index (κ3) is 4.31. The van der Waals surface area contributed by atoms with Crippen molar-refractivity contribution in [2.75, 3.05) is 0 Å². The van der Waals surface area contributed by atoms with Gasteiger partial charge in [-0.15, -0.1) is 0 Å². The van der Waals surface area contributed by atoms with Crippen molar-refractivity contribution in [3.63, 3.8) is 0 Å². The molecule has 0 amide bonds. The van der Waals surface area contributed by atoms with Crippen molar-refractivity contribution in [3.8, 4) is 0 Å². The van der Waals surface area contributed by atoms with Crippen LogP contribution in [0.25, 0.3) is 0 Å². The summed E-state index contributed by atoms with van der Waals surface area (Å²) in [4.78, 5) is 11.0. The topological polar surface area (TPSA) is 26.3 Å². The van der Waals surface area contributed by atoms with Crippen molar-refractivity contribution in [1.82, 2.24) is 0 Å². The molecule has 88 valence electrons. The number of esters is 1. The Labute approximate surface area is 84.9 Å².